The van der Waals surface area contributed by atoms with E-state index in [2.05, 4.69) is 62.7 Å². The molecule has 0 fully saturated rings. The van der Waals surface area contributed by atoms with E-state index in [-0.39, 0.29) is 0 Å². The van der Waals surface area contributed by atoms with Crippen molar-refractivity contribution >= 4 is 0 Å². The molecular formula is C14H21N. The molecule has 1 aromatic carbocycles. The number of benzene rings is 1. The van der Waals surface area contributed by atoms with Gasteiger partial charge in [0.25, 0.3) is 0 Å². The van der Waals surface area contributed by atoms with Crippen LogP contribution < -0.4 is 0 Å². The van der Waals surface area contributed by atoms with E-state index in [9.17, 15) is 0 Å². The van der Waals surface area contributed by atoms with Crippen LogP contribution in [0.5, 0.6) is 0 Å². The normalized spacial score (nSPS) is 10.4. The van der Waals surface area contributed by atoms with Crippen LogP contribution >= 0.6 is 0 Å². The first kappa shape index (κ1) is 11.8. The number of rotatable bonds is 5. The summed E-state index contributed by atoms with van der Waals surface area (Å²) in [6.07, 6.45) is 2.12. The SMILES string of the molecule is C=C(CCc1ccccc1)N(C)C(C)C. The first-order valence-electron chi connectivity index (χ1n) is 5.56. The van der Waals surface area contributed by atoms with Crippen LogP contribution in [0.1, 0.15) is 25.8 Å². The molecule has 0 atom stereocenters. The average molecular weight is 203 g/mol. The Hall–Kier alpha value is -1.24. The van der Waals surface area contributed by atoms with Crippen molar-refractivity contribution in [2.24, 2.45) is 0 Å². The van der Waals surface area contributed by atoms with Crippen molar-refractivity contribution < 1.29 is 0 Å². The number of hydrogen-bond acceptors (Lipinski definition) is 1. The Bertz CT molecular complexity index is 300. The van der Waals surface area contributed by atoms with Gasteiger partial charge in [-0.15, -0.1) is 0 Å². The van der Waals surface area contributed by atoms with Crippen LogP contribution in [0.15, 0.2) is 42.6 Å². The van der Waals surface area contributed by atoms with E-state index in [0.29, 0.717) is 6.04 Å². The van der Waals surface area contributed by atoms with Crippen molar-refractivity contribution in [1.29, 1.82) is 0 Å². The van der Waals surface area contributed by atoms with Gasteiger partial charge in [0.15, 0.2) is 0 Å². The highest BCUT2D eigenvalue weighted by atomic mass is 15.1. The fourth-order valence-corrected chi connectivity index (χ4v) is 1.47. The highest BCUT2D eigenvalue weighted by Crippen LogP contribution is 2.12. The predicted octanol–water partition coefficient (Wildman–Crippen LogP) is 3.47. The van der Waals surface area contributed by atoms with E-state index in [1.54, 1.807) is 0 Å². The quantitative estimate of drug-likeness (QED) is 0.708. The zero-order chi connectivity index (χ0) is 11.3. The molecule has 0 heterocycles. The Labute approximate surface area is 93.4 Å². The molecule has 0 aliphatic heterocycles. The maximum Gasteiger partial charge on any atom is 0.0226 e. The summed E-state index contributed by atoms with van der Waals surface area (Å²) in [4.78, 5) is 2.24. The monoisotopic (exact) mass is 203 g/mol. The second-order valence-corrected chi connectivity index (χ2v) is 4.26. The predicted molar refractivity (Wildman–Crippen MR) is 66.8 cm³/mol. The number of nitrogens with zero attached hydrogens (tertiary/aromatic N) is 1. The molecule has 0 N–H and O–H groups in total. The van der Waals surface area contributed by atoms with Gasteiger partial charge >= 0.3 is 0 Å². The van der Waals surface area contributed by atoms with Gasteiger partial charge in [-0.2, -0.15) is 0 Å². The minimum atomic E-state index is 0.535. The number of aryl methyl sites for hydroxylation is 1. The summed E-state index contributed by atoms with van der Waals surface area (Å²) in [5, 5.41) is 0. The maximum absolute atomic E-state index is 4.12. The molecule has 1 aromatic rings. The minimum Gasteiger partial charge on any atom is -0.376 e. The molecule has 0 spiro atoms. The molecule has 1 nitrogen and oxygen atoms in total. The summed E-state index contributed by atoms with van der Waals surface area (Å²) in [6.45, 7) is 8.49. The van der Waals surface area contributed by atoms with E-state index < -0.39 is 0 Å². The highest BCUT2D eigenvalue weighted by Gasteiger charge is 2.05. The van der Waals surface area contributed by atoms with Gasteiger partial charge in [0, 0.05) is 18.8 Å². The molecule has 0 aliphatic carbocycles. The molecule has 1 heteroatoms. The van der Waals surface area contributed by atoms with Crippen LogP contribution in [0.3, 0.4) is 0 Å². The summed E-state index contributed by atoms with van der Waals surface area (Å²) in [7, 11) is 2.11. The van der Waals surface area contributed by atoms with Crippen LogP contribution in [-0.4, -0.2) is 18.0 Å². The summed E-state index contributed by atoms with van der Waals surface area (Å²) >= 11 is 0. The zero-order valence-electron chi connectivity index (χ0n) is 10.0. The van der Waals surface area contributed by atoms with Crippen molar-refractivity contribution in [3.63, 3.8) is 0 Å². The first-order valence-corrected chi connectivity index (χ1v) is 5.56. The summed E-state index contributed by atoms with van der Waals surface area (Å²) in [5.41, 5.74) is 2.60. The minimum absolute atomic E-state index is 0.535. The molecule has 0 radical (unpaired) electrons. The van der Waals surface area contributed by atoms with Crippen LogP contribution in [0.2, 0.25) is 0 Å². The molecule has 0 unspecified atom stereocenters. The van der Waals surface area contributed by atoms with Gasteiger partial charge in [-0.1, -0.05) is 36.9 Å². The maximum atomic E-state index is 4.12. The van der Waals surface area contributed by atoms with Crippen molar-refractivity contribution in [3.8, 4) is 0 Å². The third-order valence-electron chi connectivity index (χ3n) is 2.82. The van der Waals surface area contributed by atoms with Gasteiger partial charge in [0.1, 0.15) is 0 Å². The fourth-order valence-electron chi connectivity index (χ4n) is 1.47. The summed E-state index contributed by atoms with van der Waals surface area (Å²) < 4.78 is 0. The lowest BCUT2D eigenvalue weighted by Gasteiger charge is -2.25. The molecule has 0 amide bonds. The Morgan fingerprint density at radius 3 is 2.40 bits per heavy atom. The van der Waals surface area contributed by atoms with Crippen molar-refractivity contribution in [3.05, 3.63) is 48.2 Å². The molecule has 0 saturated heterocycles. The lowest BCUT2D eigenvalue weighted by molar-refractivity contribution is 0.334. The molecule has 82 valence electrons. The molecular weight excluding hydrogens is 182 g/mol. The first-order chi connectivity index (χ1) is 7.11. The Balaban J connectivity index is 2.41. The van der Waals surface area contributed by atoms with Crippen LogP contribution in [0, 0.1) is 0 Å². The van der Waals surface area contributed by atoms with E-state index in [1.807, 2.05) is 0 Å². The van der Waals surface area contributed by atoms with Gasteiger partial charge in [-0.25, -0.2) is 0 Å². The Morgan fingerprint density at radius 2 is 1.87 bits per heavy atom. The smallest absolute Gasteiger partial charge is 0.0226 e. The second kappa shape index (κ2) is 5.59. The lowest BCUT2D eigenvalue weighted by Crippen LogP contribution is -2.25. The van der Waals surface area contributed by atoms with Crippen molar-refractivity contribution in [2.45, 2.75) is 32.7 Å². The highest BCUT2D eigenvalue weighted by molar-refractivity contribution is 5.16. The molecule has 0 aromatic heterocycles. The van der Waals surface area contributed by atoms with Crippen LogP contribution in [0.4, 0.5) is 0 Å². The van der Waals surface area contributed by atoms with Crippen molar-refractivity contribution in [1.82, 2.24) is 4.90 Å². The zero-order valence-corrected chi connectivity index (χ0v) is 10.0. The summed E-state index contributed by atoms with van der Waals surface area (Å²) in [5.74, 6) is 0. The summed E-state index contributed by atoms with van der Waals surface area (Å²) in [6, 6.07) is 11.1. The Kier molecular flexibility index (Phi) is 4.41. The van der Waals surface area contributed by atoms with Crippen LogP contribution in [-0.2, 0) is 6.42 Å². The third-order valence-corrected chi connectivity index (χ3v) is 2.82. The average Bonchev–Trinajstić information content (AvgIpc) is 2.26. The topological polar surface area (TPSA) is 3.24 Å². The number of hydrogen-bond donors (Lipinski definition) is 0. The fraction of sp³-hybridized carbons (Fsp3) is 0.429. The molecule has 15 heavy (non-hydrogen) atoms. The largest absolute Gasteiger partial charge is 0.376 e. The van der Waals surface area contributed by atoms with Crippen molar-refractivity contribution in [2.75, 3.05) is 7.05 Å². The standard InChI is InChI=1S/C14H21N/c1-12(2)15(4)13(3)10-11-14-8-6-5-7-9-14/h5-9,12H,3,10-11H2,1-2,4H3. The molecule has 1 rings (SSSR count). The van der Waals surface area contributed by atoms with Gasteiger partial charge in [-0.3, -0.25) is 0 Å². The van der Waals surface area contributed by atoms with E-state index >= 15 is 0 Å². The van der Waals surface area contributed by atoms with E-state index in [1.165, 1.54) is 11.3 Å². The third kappa shape index (κ3) is 3.78. The molecule has 0 aliphatic rings. The van der Waals surface area contributed by atoms with E-state index in [4.69, 9.17) is 0 Å². The second-order valence-electron chi connectivity index (χ2n) is 4.26. The van der Waals surface area contributed by atoms with Gasteiger partial charge in [-0.05, 0) is 32.3 Å². The molecule has 0 bridgehead atoms. The van der Waals surface area contributed by atoms with Gasteiger partial charge < -0.3 is 4.90 Å². The van der Waals surface area contributed by atoms with Crippen LogP contribution in [0.25, 0.3) is 0 Å². The Morgan fingerprint density at radius 1 is 1.27 bits per heavy atom. The van der Waals surface area contributed by atoms with Gasteiger partial charge in [0.2, 0.25) is 0 Å². The van der Waals surface area contributed by atoms with E-state index in [0.717, 1.165) is 12.8 Å². The molecule has 0 saturated carbocycles. The number of allylic oxidation sites excluding steroid dienone is 1. The van der Waals surface area contributed by atoms with Gasteiger partial charge in [0.05, 0.1) is 0 Å². The lowest BCUT2D eigenvalue weighted by atomic mass is 10.1.